The van der Waals surface area contributed by atoms with E-state index in [0.29, 0.717) is 6.42 Å². The number of aromatic nitrogens is 1. The van der Waals surface area contributed by atoms with Gasteiger partial charge in [-0.25, -0.2) is 0 Å². The summed E-state index contributed by atoms with van der Waals surface area (Å²) < 4.78 is 0. The van der Waals surface area contributed by atoms with Crippen LogP contribution in [0.15, 0.2) is 30.3 Å². The second-order valence-electron chi connectivity index (χ2n) is 6.46. The van der Waals surface area contributed by atoms with E-state index in [9.17, 15) is 4.79 Å². The minimum atomic E-state index is -0.667. The Morgan fingerprint density at radius 1 is 0.870 bits per heavy atom. The Bertz CT molecular complexity index is 555. The molecular formula is C20H29NO2. The molecule has 0 aliphatic heterocycles. The molecule has 0 aliphatic rings. The number of nitrogens with one attached hydrogen (secondary N) is 1. The van der Waals surface area contributed by atoms with Crippen molar-refractivity contribution in [3.63, 3.8) is 0 Å². The van der Waals surface area contributed by atoms with Gasteiger partial charge in [-0.05, 0) is 36.8 Å². The number of fused-ring (bicyclic) bond motifs is 1. The Morgan fingerprint density at radius 2 is 1.48 bits per heavy atom. The molecule has 2 aromatic rings. The fourth-order valence-corrected chi connectivity index (χ4v) is 3.10. The molecule has 1 aromatic heterocycles. The number of carboxylic acid groups (broad SMARTS) is 1. The van der Waals surface area contributed by atoms with E-state index in [4.69, 9.17) is 5.11 Å². The van der Waals surface area contributed by atoms with Crippen LogP contribution in [0.3, 0.4) is 0 Å². The van der Waals surface area contributed by atoms with E-state index in [0.717, 1.165) is 19.3 Å². The number of hydrogen-bond donors (Lipinski definition) is 2. The number of aryl methyl sites for hydroxylation is 1. The highest BCUT2D eigenvalue weighted by atomic mass is 16.4. The number of aromatic amines is 1. The second kappa shape index (κ2) is 10.1. The first-order valence-electron chi connectivity index (χ1n) is 9.04. The summed E-state index contributed by atoms with van der Waals surface area (Å²) in [5.41, 5.74) is 2.59. The number of carbonyl (C=O) groups is 1. The molecule has 126 valence electrons. The van der Waals surface area contributed by atoms with Gasteiger partial charge in [-0.2, -0.15) is 0 Å². The average molecular weight is 315 g/mol. The summed E-state index contributed by atoms with van der Waals surface area (Å²) in [6.07, 6.45) is 12.3. The molecule has 1 heterocycles. The minimum Gasteiger partial charge on any atom is -0.481 e. The van der Waals surface area contributed by atoms with E-state index < -0.39 is 5.97 Å². The van der Waals surface area contributed by atoms with E-state index in [1.165, 1.54) is 61.5 Å². The SMILES string of the molecule is O=C(O)CCCCCCCCCCCc1cc2ccccc2[nH]1. The highest BCUT2D eigenvalue weighted by Gasteiger charge is 2.00. The van der Waals surface area contributed by atoms with E-state index in [1.54, 1.807) is 0 Å². The van der Waals surface area contributed by atoms with Gasteiger partial charge in [0.25, 0.3) is 0 Å². The van der Waals surface area contributed by atoms with Crippen LogP contribution in [-0.2, 0) is 11.2 Å². The number of benzene rings is 1. The molecule has 0 aliphatic carbocycles. The smallest absolute Gasteiger partial charge is 0.303 e. The Labute approximate surface area is 139 Å². The monoisotopic (exact) mass is 315 g/mol. The number of H-pyrrole nitrogens is 1. The normalized spacial score (nSPS) is 11.1. The van der Waals surface area contributed by atoms with Crippen LogP contribution < -0.4 is 0 Å². The molecule has 0 amide bonds. The Morgan fingerprint density at radius 3 is 2.13 bits per heavy atom. The van der Waals surface area contributed by atoms with E-state index in [1.807, 2.05) is 0 Å². The molecular weight excluding hydrogens is 286 g/mol. The van der Waals surface area contributed by atoms with Gasteiger partial charge >= 0.3 is 5.97 Å². The van der Waals surface area contributed by atoms with Crippen molar-refractivity contribution in [3.05, 3.63) is 36.0 Å². The molecule has 0 spiro atoms. The van der Waals surface area contributed by atoms with Crippen LogP contribution in [0, 0.1) is 0 Å². The van der Waals surface area contributed by atoms with E-state index in [-0.39, 0.29) is 0 Å². The summed E-state index contributed by atoms with van der Waals surface area (Å²) >= 11 is 0. The molecule has 0 fully saturated rings. The van der Waals surface area contributed by atoms with Crippen molar-refractivity contribution < 1.29 is 9.90 Å². The predicted molar refractivity (Wildman–Crippen MR) is 95.8 cm³/mol. The van der Waals surface area contributed by atoms with Crippen LogP contribution in [0.1, 0.15) is 69.9 Å². The first-order valence-corrected chi connectivity index (χ1v) is 9.04. The van der Waals surface area contributed by atoms with Crippen LogP contribution in [0.2, 0.25) is 0 Å². The van der Waals surface area contributed by atoms with Gasteiger partial charge in [0.1, 0.15) is 0 Å². The third kappa shape index (κ3) is 6.89. The van der Waals surface area contributed by atoms with Crippen LogP contribution in [0.5, 0.6) is 0 Å². The molecule has 0 saturated heterocycles. The van der Waals surface area contributed by atoms with Gasteiger partial charge in [0.2, 0.25) is 0 Å². The molecule has 1 aromatic carbocycles. The third-order valence-electron chi connectivity index (χ3n) is 4.42. The largest absolute Gasteiger partial charge is 0.481 e. The average Bonchev–Trinajstić information content (AvgIpc) is 2.95. The van der Waals surface area contributed by atoms with Crippen molar-refractivity contribution in [2.24, 2.45) is 0 Å². The Kier molecular flexibility index (Phi) is 7.71. The number of aliphatic carboxylic acids is 1. The fourth-order valence-electron chi connectivity index (χ4n) is 3.10. The standard InChI is InChI=1S/C20H29NO2/c22-20(23)15-9-7-5-3-1-2-4-6-8-13-18-16-17-12-10-11-14-19(17)21-18/h10-12,14,16,21H,1-9,13,15H2,(H,22,23). The van der Waals surface area contributed by atoms with Crippen LogP contribution in [-0.4, -0.2) is 16.1 Å². The molecule has 0 unspecified atom stereocenters. The number of hydrogen-bond acceptors (Lipinski definition) is 1. The highest BCUT2D eigenvalue weighted by molar-refractivity contribution is 5.80. The maximum absolute atomic E-state index is 10.4. The lowest BCUT2D eigenvalue weighted by atomic mass is 10.1. The van der Waals surface area contributed by atoms with Gasteiger partial charge in [-0.1, -0.05) is 63.1 Å². The highest BCUT2D eigenvalue weighted by Crippen LogP contribution is 2.17. The van der Waals surface area contributed by atoms with Gasteiger partial charge < -0.3 is 10.1 Å². The van der Waals surface area contributed by atoms with Crippen LogP contribution in [0.4, 0.5) is 0 Å². The van der Waals surface area contributed by atoms with Gasteiger partial charge in [0.05, 0.1) is 0 Å². The summed E-state index contributed by atoms with van der Waals surface area (Å²) in [5, 5.41) is 9.87. The molecule has 3 nitrogen and oxygen atoms in total. The molecule has 0 radical (unpaired) electrons. The Balaban J connectivity index is 1.44. The summed E-state index contributed by atoms with van der Waals surface area (Å²) in [5.74, 6) is -0.667. The van der Waals surface area contributed by atoms with Crippen molar-refractivity contribution in [1.29, 1.82) is 0 Å². The van der Waals surface area contributed by atoms with Crippen LogP contribution >= 0.6 is 0 Å². The lowest BCUT2D eigenvalue weighted by Gasteiger charge is -2.02. The minimum absolute atomic E-state index is 0.327. The summed E-state index contributed by atoms with van der Waals surface area (Å²) in [6, 6.07) is 10.7. The number of carboxylic acids is 1. The van der Waals surface area contributed by atoms with Crippen LogP contribution in [0.25, 0.3) is 10.9 Å². The van der Waals surface area contributed by atoms with Gasteiger partial charge in [-0.3, -0.25) is 4.79 Å². The van der Waals surface area contributed by atoms with E-state index in [2.05, 4.69) is 35.3 Å². The summed E-state index contributed by atoms with van der Waals surface area (Å²) in [4.78, 5) is 13.9. The van der Waals surface area contributed by atoms with Gasteiger partial charge in [0, 0.05) is 17.6 Å². The van der Waals surface area contributed by atoms with Crippen molar-refractivity contribution in [2.45, 2.75) is 70.6 Å². The van der Waals surface area contributed by atoms with Gasteiger partial charge in [-0.15, -0.1) is 0 Å². The topological polar surface area (TPSA) is 53.1 Å². The zero-order valence-corrected chi connectivity index (χ0v) is 14.0. The maximum atomic E-state index is 10.4. The number of rotatable bonds is 12. The van der Waals surface area contributed by atoms with Crippen molar-refractivity contribution in [3.8, 4) is 0 Å². The first kappa shape index (κ1) is 17.6. The first-order chi connectivity index (χ1) is 11.3. The molecule has 3 heteroatoms. The van der Waals surface area contributed by atoms with Crippen molar-refractivity contribution >= 4 is 16.9 Å². The molecule has 0 atom stereocenters. The maximum Gasteiger partial charge on any atom is 0.303 e. The second-order valence-corrected chi connectivity index (χ2v) is 6.46. The summed E-state index contributed by atoms with van der Waals surface area (Å²) in [6.45, 7) is 0. The molecule has 0 bridgehead atoms. The fraction of sp³-hybridized carbons (Fsp3) is 0.550. The third-order valence-corrected chi connectivity index (χ3v) is 4.42. The quantitative estimate of drug-likeness (QED) is 0.494. The Hall–Kier alpha value is -1.77. The summed E-state index contributed by atoms with van der Waals surface area (Å²) in [7, 11) is 0. The molecule has 23 heavy (non-hydrogen) atoms. The predicted octanol–water partition coefficient (Wildman–Crippen LogP) is 5.70. The molecule has 0 saturated carbocycles. The number of para-hydroxylation sites is 1. The van der Waals surface area contributed by atoms with Gasteiger partial charge in [0.15, 0.2) is 0 Å². The van der Waals surface area contributed by atoms with E-state index >= 15 is 0 Å². The van der Waals surface area contributed by atoms with Crippen molar-refractivity contribution in [2.75, 3.05) is 0 Å². The molecule has 2 N–H and O–H groups in total. The number of unbranched alkanes of at least 4 members (excludes halogenated alkanes) is 8. The zero-order valence-electron chi connectivity index (χ0n) is 14.0. The zero-order chi connectivity index (χ0) is 16.3. The lowest BCUT2D eigenvalue weighted by Crippen LogP contribution is -1.93. The molecule has 2 rings (SSSR count). The van der Waals surface area contributed by atoms with Crippen molar-refractivity contribution in [1.82, 2.24) is 4.98 Å². The lowest BCUT2D eigenvalue weighted by molar-refractivity contribution is -0.137.